The third-order valence-electron chi connectivity index (χ3n) is 2.16. The van der Waals surface area contributed by atoms with Crippen molar-refractivity contribution in [3.8, 4) is 5.88 Å². The van der Waals surface area contributed by atoms with Gasteiger partial charge in [-0.3, -0.25) is 4.79 Å². The van der Waals surface area contributed by atoms with Crippen LogP contribution in [0.4, 0.5) is 0 Å². The molecule has 2 rings (SSSR count). The Hall–Kier alpha value is -1.81. The summed E-state index contributed by atoms with van der Waals surface area (Å²) in [5.74, 6) is 0.946. The molecule has 1 aromatic heterocycles. The Labute approximate surface area is 110 Å². The van der Waals surface area contributed by atoms with E-state index in [1.54, 1.807) is 18.3 Å². The first-order valence-electron chi connectivity index (χ1n) is 5.58. The van der Waals surface area contributed by atoms with Crippen LogP contribution >= 0.6 is 11.8 Å². The maximum Gasteiger partial charge on any atom is 0.213 e. The molecule has 0 N–H and O–H groups in total. The monoisotopic (exact) mass is 259 g/mol. The summed E-state index contributed by atoms with van der Waals surface area (Å²) >= 11 is 1.51. The molecular weight excluding hydrogens is 246 g/mol. The van der Waals surface area contributed by atoms with Gasteiger partial charge < -0.3 is 4.74 Å². The Kier molecular flexibility index (Phi) is 4.78. The predicted molar refractivity (Wildman–Crippen MR) is 71.9 cm³/mol. The van der Waals surface area contributed by atoms with Gasteiger partial charge in [0.05, 0.1) is 5.75 Å². The second-order valence-electron chi connectivity index (χ2n) is 3.60. The van der Waals surface area contributed by atoms with Crippen LogP contribution in [0.2, 0.25) is 0 Å². The highest BCUT2D eigenvalue weighted by Gasteiger charge is 2.04. The standard InChI is InChI=1S/C14H13NO2S/c16-12(10-17-14-8-4-5-9-15-14)11-18-13-6-2-1-3-7-13/h1-9H,10-11H2. The molecule has 1 heterocycles. The fraction of sp³-hybridized carbons (Fsp3) is 0.143. The number of benzene rings is 1. The van der Waals surface area contributed by atoms with Gasteiger partial charge in [0.1, 0.15) is 6.61 Å². The second-order valence-corrected chi connectivity index (χ2v) is 4.65. The van der Waals surface area contributed by atoms with Crippen molar-refractivity contribution < 1.29 is 9.53 Å². The first kappa shape index (κ1) is 12.6. The number of ether oxygens (including phenoxy) is 1. The second kappa shape index (κ2) is 6.81. The molecule has 0 unspecified atom stereocenters. The SMILES string of the molecule is O=C(COc1ccccn1)CSc1ccccc1. The Bertz CT molecular complexity index is 442. The highest BCUT2D eigenvalue weighted by molar-refractivity contribution is 8.00. The van der Waals surface area contributed by atoms with Crippen molar-refractivity contribution >= 4 is 17.5 Å². The molecule has 0 spiro atoms. The Balaban J connectivity index is 1.73. The van der Waals surface area contributed by atoms with Crippen LogP contribution in [0, 0.1) is 0 Å². The summed E-state index contributed by atoms with van der Waals surface area (Å²) in [5, 5.41) is 0. The van der Waals surface area contributed by atoms with Gasteiger partial charge in [-0.15, -0.1) is 11.8 Å². The van der Waals surface area contributed by atoms with Gasteiger partial charge >= 0.3 is 0 Å². The number of aromatic nitrogens is 1. The number of Topliss-reactive ketones (excluding diaryl/α,β-unsaturated/α-hetero) is 1. The van der Waals surface area contributed by atoms with Gasteiger partial charge in [0.15, 0.2) is 5.78 Å². The third-order valence-corrected chi connectivity index (χ3v) is 3.23. The number of thioether (sulfide) groups is 1. The molecule has 0 saturated heterocycles. The van der Waals surface area contributed by atoms with Crippen LogP contribution in [0.3, 0.4) is 0 Å². The lowest BCUT2D eigenvalue weighted by Gasteiger charge is -2.04. The van der Waals surface area contributed by atoms with E-state index in [0.29, 0.717) is 11.6 Å². The van der Waals surface area contributed by atoms with Crippen molar-refractivity contribution in [2.45, 2.75) is 4.90 Å². The maximum absolute atomic E-state index is 11.6. The molecular formula is C14H13NO2S. The van der Waals surface area contributed by atoms with E-state index in [1.165, 1.54) is 11.8 Å². The zero-order valence-electron chi connectivity index (χ0n) is 9.78. The van der Waals surface area contributed by atoms with E-state index in [4.69, 9.17) is 4.74 Å². The molecule has 3 nitrogen and oxygen atoms in total. The average molecular weight is 259 g/mol. The number of hydrogen-bond donors (Lipinski definition) is 0. The van der Waals surface area contributed by atoms with Gasteiger partial charge in [0, 0.05) is 17.2 Å². The van der Waals surface area contributed by atoms with E-state index >= 15 is 0 Å². The van der Waals surface area contributed by atoms with Gasteiger partial charge in [-0.1, -0.05) is 24.3 Å². The molecule has 0 aliphatic rings. The minimum atomic E-state index is 0.0505. The summed E-state index contributed by atoms with van der Waals surface area (Å²) < 4.78 is 5.28. The molecule has 0 amide bonds. The molecule has 0 aliphatic carbocycles. The van der Waals surface area contributed by atoms with E-state index in [0.717, 1.165) is 4.90 Å². The van der Waals surface area contributed by atoms with E-state index in [1.807, 2.05) is 36.4 Å². The quantitative estimate of drug-likeness (QED) is 0.748. The minimum Gasteiger partial charge on any atom is -0.470 e. The fourth-order valence-corrected chi connectivity index (χ4v) is 2.07. The molecule has 18 heavy (non-hydrogen) atoms. The summed E-state index contributed by atoms with van der Waals surface area (Å²) in [5.41, 5.74) is 0. The van der Waals surface area contributed by atoms with Crippen LogP contribution in [-0.2, 0) is 4.79 Å². The minimum absolute atomic E-state index is 0.0505. The number of hydrogen-bond acceptors (Lipinski definition) is 4. The van der Waals surface area contributed by atoms with E-state index in [2.05, 4.69) is 4.98 Å². The Morgan fingerprint density at radius 1 is 1.11 bits per heavy atom. The van der Waals surface area contributed by atoms with Crippen molar-refractivity contribution in [2.75, 3.05) is 12.4 Å². The summed E-state index contributed by atoms with van der Waals surface area (Å²) in [6.45, 7) is 0.0663. The number of nitrogens with zero attached hydrogens (tertiary/aromatic N) is 1. The summed E-state index contributed by atoms with van der Waals surface area (Å²) in [6, 6.07) is 15.2. The molecule has 0 radical (unpaired) electrons. The van der Waals surface area contributed by atoms with Crippen LogP contribution in [-0.4, -0.2) is 23.1 Å². The van der Waals surface area contributed by atoms with Gasteiger partial charge in [-0.2, -0.15) is 0 Å². The van der Waals surface area contributed by atoms with Crippen molar-refractivity contribution in [1.29, 1.82) is 0 Å². The van der Waals surface area contributed by atoms with Crippen molar-refractivity contribution in [1.82, 2.24) is 4.98 Å². The fourth-order valence-electron chi connectivity index (χ4n) is 1.31. The van der Waals surface area contributed by atoms with Crippen LogP contribution in [0.25, 0.3) is 0 Å². The number of carbonyl (C=O) groups excluding carboxylic acids is 1. The lowest BCUT2D eigenvalue weighted by atomic mass is 10.4. The van der Waals surface area contributed by atoms with Gasteiger partial charge in [0.25, 0.3) is 0 Å². The largest absolute Gasteiger partial charge is 0.470 e. The van der Waals surface area contributed by atoms with E-state index in [9.17, 15) is 4.79 Å². The van der Waals surface area contributed by atoms with Gasteiger partial charge in [-0.05, 0) is 18.2 Å². The molecule has 0 bridgehead atoms. The van der Waals surface area contributed by atoms with Crippen LogP contribution in [0.15, 0.2) is 59.6 Å². The summed E-state index contributed by atoms with van der Waals surface area (Å²) in [4.78, 5) is 16.7. The number of pyridine rings is 1. The number of rotatable bonds is 6. The molecule has 0 saturated carbocycles. The molecule has 92 valence electrons. The van der Waals surface area contributed by atoms with E-state index < -0.39 is 0 Å². The number of carbonyl (C=O) groups is 1. The molecule has 0 atom stereocenters. The van der Waals surface area contributed by atoms with Crippen LogP contribution < -0.4 is 4.74 Å². The maximum atomic E-state index is 11.6. The molecule has 0 aliphatic heterocycles. The predicted octanol–water partition coefficient (Wildman–Crippen LogP) is 2.82. The van der Waals surface area contributed by atoms with Gasteiger partial charge in [0.2, 0.25) is 5.88 Å². The Morgan fingerprint density at radius 3 is 2.61 bits per heavy atom. The zero-order valence-corrected chi connectivity index (χ0v) is 10.6. The summed E-state index contributed by atoms with van der Waals surface area (Å²) in [7, 11) is 0. The average Bonchev–Trinajstić information content (AvgIpc) is 2.45. The molecule has 2 aromatic rings. The lowest BCUT2D eigenvalue weighted by molar-refractivity contribution is -0.118. The lowest BCUT2D eigenvalue weighted by Crippen LogP contribution is -2.13. The third kappa shape index (κ3) is 4.22. The highest BCUT2D eigenvalue weighted by Crippen LogP contribution is 2.16. The van der Waals surface area contributed by atoms with Gasteiger partial charge in [-0.25, -0.2) is 4.98 Å². The van der Waals surface area contributed by atoms with Crippen molar-refractivity contribution in [3.05, 3.63) is 54.7 Å². The molecule has 4 heteroatoms. The topological polar surface area (TPSA) is 39.2 Å². The molecule has 1 aromatic carbocycles. The number of ketones is 1. The zero-order chi connectivity index (χ0) is 12.6. The Morgan fingerprint density at radius 2 is 1.89 bits per heavy atom. The van der Waals surface area contributed by atoms with Crippen LogP contribution in [0.5, 0.6) is 5.88 Å². The van der Waals surface area contributed by atoms with E-state index in [-0.39, 0.29) is 12.4 Å². The molecule has 0 fully saturated rings. The normalized spacial score (nSPS) is 10.0. The van der Waals surface area contributed by atoms with Crippen molar-refractivity contribution in [3.63, 3.8) is 0 Å². The summed E-state index contributed by atoms with van der Waals surface area (Å²) in [6.07, 6.45) is 1.64. The van der Waals surface area contributed by atoms with Crippen LogP contribution in [0.1, 0.15) is 0 Å². The first-order chi connectivity index (χ1) is 8.84. The highest BCUT2D eigenvalue weighted by atomic mass is 32.2. The first-order valence-corrected chi connectivity index (χ1v) is 6.56. The smallest absolute Gasteiger partial charge is 0.213 e. The van der Waals surface area contributed by atoms with Crippen molar-refractivity contribution in [2.24, 2.45) is 0 Å².